The van der Waals surface area contributed by atoms with Crippen LogP contribution < -0.4 is 10.5 Å². The Bertz CT molecular complexity index is 291. The molecule has 0 heterocycles. The lowest BCUT2D eigenvalue weighted by Crippen LogP contribution is -2.15. The maximum atomic E-state index is 8.89. The molecule has 0 saturated carbocycles. The summed E-state index contributed by atoms with van der Waals surface area (Å²) in [4.78, 5) is 0. The molecule has 0 aliphatic heterocycles. The number of ether oxygens (including phenoxy) is 1. The number of nitrogens with two attached hydrogens (primary N) is 1. The normalized spacial score (nSPS) is 12.6. The predicted molar refractivity (Wildman–Crippen MR) is 54.7 cm³/mol. The number of aliphatic hydroxyl groups is 1. The van der Waals surface area contributed by atoms with Gasteiger partial charge in [-0.1, -0.05) is 22.0 Å². The van der Waals surface area contributed by atoms with Crippen molar-refractivity contribution in [3.63, 3.8) is 0 Å². The lowest BCUT2D eigenvalue weighted by molar-refractivity contribution is 0.264. The van der Waals surface area contributed by atoms with E-state index in [2.05, 4.69) is 15.9 Å². The number of rotatable bonds is 3. The second-order valence-electron chi connectivity index (χ2n) is 2.68. The molecule has 1 aromatic carbocycles. The molecule has 0 bridgehead atoms. The summed E-state index contributed by atoms with van der Waals surface area (Å²) in [5.74, 6) is 0.691. The summed E-state index contributed by atoms with van der Waals surface area (Å²) in [6, 6.07) is 5.14. The quantitative estimate of drug-likeness (QED) is 0.848. The summed E-state index contributed by atoms with van der Waals surface area (Å²) in [7, 11) is 1.58. The molecule has 72 valence electrons. The fraction of sp³-hybridized carbons (Fsp3) is 0.333. The van der Waals surface area contributed by atoms with Crippen molar-refractivity contribution < 1.29 is 9.84 Å². The number of halogens is 1. The van der Waals surface area contributed by atoms with Gasteiger partial charge in [-0.15, -0.1) is 0 Å². The molecule has 0 aromatic heterocycles. The van der Waals surface area contributed by atoms with Gasteiger partial charge < -0.3 is 15.6 Å². The van der Waals surface area contributed by atoms with Crippen LogP contribution in [-0.4, -0.2) is 18.8 Å². The molecule has 4 heteroatoms. The van der Waals surface area contributed by atoms with Crippen LogP contribution in [0.2, 0.25) is 0 Å². The fourth-order valence-electron chi connectivity index (χ4n) is 1.09. The highest BCUT2D eigenvalue weighted by Gasteiger charge is 2.10. The molecule has 1 atom stereocenters. The van der Waals surface area contributed by atoms with Gasteiger partial charge in [0.25, 0.3) is 0 Å². The number of methoxy groups -OCH3 is 1. The predicted octanol–water partition coefficient (Wildman–Crippen LogP) is 1.45. The monoisotopic (exact) mass is 245 g/mol. The van der Waals surface area contributed by atoms with Crippen molar-refractivity contribution >= 4 is 15.9 Å². The molecule has 0 spiro atoms. The number of hydrogen-bond donors (Lipinski definition) is 2. The Balaban J connectivity index is 3.05. The van der Waals surface area contributed by atoms with Crippen molar-refractivity contribution in [2.75, 3.05) is 13.7 Å². The van der Waals surface area contributed by atoms with Crippen LogP contribution in [0.1, 0.15) is 11.6 Å². The van der Waals surface area contributed by atoms with Crippen molar-refractivity contribution in [2.45, 2.75) is 6.04 Å². The van der Waals surface area contributed by atoms with Gasteiger partial charge in [-0.25, -0.2) is 0 Å². The minimum Gasteiger partial charge on any atom is -0.496 e. The van der Waals surface area contributed by atoms with E-state index in [1.165, 1.54) is 0 Å². The zero-order valence-electron chi connectivity index (χ0n) is 7.33. The van der Waals surface area contributed by atoms with E-state index in [0.29, 0.717) is 5.75 Å². The molecule has 3 N–H and O–H groups in total. The topological polar surface area (TPSA) is 55.5 Å². The van der Waals surface area contributed by atoms with Gasteiger partial charge in [0.05, 0.1) is 19.8 Å². The summed E-state index contributed by atoms with van der Waals surface area (Å²) in [6.07, 6.45) is 0. The lowest BCUT2D eigenvalue weighted by Gasteiger charge is -2.13. The minimum absolute atomic E-state index is 0.0853. The summed E-state index contributed by atoms with van der Waals surface area (Å²) >= 11 is 3.32. The first kappa shape index (κ1) is 10.5. The molecule has 0 fully saturated rings. The number of benzene rings is 1. The first-order chi connectivity index (χ1) is 6.19. The Morgan fingerprint density at radius 2 is 2.31 bits per heavy atom. The summed E-state index contributed by atoms with van der Waals surface area (Å²) in [5.41, 5.74) is 6.49. The van der Waals surface area contributed by atoms with Crippen LogP contribution in [-0.2, 0) is 0 Å². The van der Waals surface area contributed by atoms with Crippen LogP contribution in [0.25, 0.3) is 0 Å². The molecular formula is C9H12BrNO2. The third kappa shape index (κ3) is 2.43. The van der Waals surface area contributed by atoms with E-state index in [9.17, 15) is 0 Å². The summed E-state index contributed by atoms with van der Waals surface area (Å²) in [5, 5.41) is 8.89. The molecule has 3 nitrogen and oxygen atoms in total. The molecule has 0 aliphatic rings. The van der Waals surface area contributed by atoms with Gasteiger partial charge in [0.15, 0.2) is 0 Å². The van der Waals surface area contributed by atoms with E-state index in [-0.39, 0.29) is 12.6 Å². The summed E-state index contributed by atoms with van der Waals surface area (Å²) in [6.45, 7) is -0.0853. The largest absolute Gasteiger partial charge is 0.496 e. The minimum atomic E-state index is -0.386. The first-order valence-corrected chi connectivity index (χ1v) is 4.68. The molecular weight excluding hydrogens is 234 g/mol. The highest BCUT2D eigenvalue weighted by atomic mass is 79.9. The maximum absolute atomic E-state index is 8.89. The first-order valence-electron chi connectivity index (χ1n) is 3.89. The second kappa shape index (κ2) is 4.60. The summed E-state index contributed by atoms with van der Waals surface area (Å²) < 4.78 is 6.06. The standard InChI is InChI=1S/C9H12BrNO2/c1-13-9-4-6(10)2-3-7(9)8(11)5-12/h2-4,8,12H,5,11H2,1H3. The number of aliphatic hydroxyl groups excluding tert-OH is 1. The van der Waals surface area contributed by atoms with Crippen molar-refractivity contribution in [2.24, 2.45) is 5.73 Å². The SMILES string of the molecule is COc1cc(Br)ccc1C(N)CO. The van der Waals surface area contributed by atoms with Gasteiger partial charge in [0, 0.05) is 10.0 Å². The fourth-order valence-corrected chi connectivity index (χ4v) is 1.43. The van der Waals surface area contributed by atoms with E-state index in [1.54, 1.807) is 7.11 Å². The second-order valence-corrected chi connectivity index (χ2v) is 3.59. The Morgan fingerprint density at radius 1 is 1.62 bits per heavy atom. The Morgan fingerprint density at radius 3 is 2.85 bits per heavy atom. The Hall–Kier alpha value is -0.580. The Labute approximate surface area is 85.6 Å². The van der Waals surface area contributed by atoms with Crippen LogP contribution >= 0.6 is 15.9 Å². The zero-order valence-corrected chi connectivity index (χ0v) is 8.91. The smallest absolute Gasteiger partial charge is 0.124 e. The molecule has 1 rings (SSSR count). The van der Waals surface area contributed by atoms with Crippen molar-refractivity contribution in [3.05, 3.63) is 28.2 Å². The third-order valence-electron chi connectivity index (χ3n) is 1.79. The van der Waals surface area contributed by atoms with E-state index in [4.69, 9.17) is 15.6 Å². The van der Waals surface area contributed by atoms with Crippen molar-refractivity contribution in [1.29, 1.82) is 0 Å². The lowest BCUT2D eigenvalue weighted by atomic mass is 10.1. The van der Waals surface area contributed by atoms with E-state index >= 15 is 0 Å². The maximum Gasteiger partial charge on any atom is 0.124 e. The Kier molecular flexibility index (Phi) is 3.71. The molecule has 13 heavy (non-hydrogen) atoms. The van der Waals surface area contributed by atoms with E-state index in [0.717, 1.165) is 10.0 Å². The number of hydrogen-bond acceptors (Lipinski definition) is 3. The van der Waals surface area contributed by atoms with Crippen LogP contribution in [0.3, 0.4) is 0 Å². The van der Waals surface area contributed by atoms with E-state index < -0.39 is 0 Å². The molecule has 1 unspecified atom stereocenters. The van der Waals surface area contributed by atoms with Gasteiger partial charge in [-0.2, -0.15) is 0 Å². The average Bonchev–Trinajstić information content (AvgIpc) is 2.16. The van der Waals surface area contributed by atoms with Gasteiger partial charge in [-0.05, 0) is 12.1 Å². The van der Waals surface area contributed by atoms with Crippen LogP contribution in [0.4, 0.5) is 0 Å². The zero-order chi connectivity index (χ0) is 9.84. The molecule has 0 saturated heterocycles. The van der Waals surface area contributed by atoms with Crippen molar-refractivity contribution in [3.8, 4) is 5.75 Å². The van der Waals surface area contributed by atoms with Crippen LogP contribution in [0, 0.1) is 0 Å². The van der Waals surface area contributed by atoms with Crippen LogP contribution in [0.15, 0.2) is 22.7 Å². The van der Waals surface area contributed by atoms with Gasteiger partial charge in [0.2, 0.25) is 0 Å². The molecule has 1 aromatic rings. The highest BCUT2D eigenvalue weighted by molar-refractivity contribution is 9.10. The van der Waals surface area contributed by atoms with Crippen LogP contribution in [0.5, 0.6) is 5.75 Å². The molecule has 0 radical (unpaired) electrons. The van der Waals surface area contributed by atoms with Crippen molar-refractivity contribution in [1.82, 2.24) is 0 Å². The van der Waals surface area contributed by atoms with Gasteiger partial charge >= 0.3 is 0 Å². The third-order valence-corrected chi connectivity index (χ3v) is 2.28. The van der Waals surface area contributed by atoms with Gasteiger partial charge in [0.1, 0.15) is 5.75 Å². The highest BCUT2D eigenvalue weighted by Crippen LogP contribution is 2.27. The van der Waals surface area contributed by atoms with Gasteiger partial charge in [-0.3, -0.25) is 0 Å². The molecule has 0 amide bonds. The average molecular weight is 246 g/mol. The van der Waals surface area contributed by atoms with E-state index in [1.807, 2.05) is 18.2 Å². The molecule has 0 aliphatic carbocycles.